The third kappa shape index (κ3) is 8.39. The fourth-order valence-corrected chi connectivity index (χ4v) is 3.15. The third-order valence-electron chi connectivity index (χ3n) is 3.61. The summed E-state index contributed by atoms with van der Waals surface area (Å²) in [5.74, 6) is -1.01. The number of halogens is 4. The lowest BCUT2D eigenvalue weighted by Gasteiger charge is -2.19. The minimum Gasteiger partial charge on any atom is -0.444 e. The number of thiazole rings is 1. The number of carbonyl (C=O) groups is 1. The largest absolute Gasteiger partial charge is 0.444 e. The molecule has 0 aromatic carbocycles. The van der Waals surface area contributed by atoms with E-state index in [9.17, 15) is 22.4 Å². The van der Waals surface area contributed by atoms with Crippen molar-refractivity contribution in [1.82, 2.24) is 4.98 Å². The zero-order valence-corrected chi connectivity index (χ0v) is 18.2. The second-order valence-electron chi connectivity index (χ2n) is 7.61. The molecular weight excluding hydrogens is 408 g/mol. The molecule has 0 bridgehead atoms. The molecule has 0 spiro atoms. The SMILES string of the molecule is C=C(C)/C(F)=C\C(=C(\C)CCc1nc(C)c(NC(=O)OC(C)(C)C)s1)C(F)(F)F. The molecule has 0 saturated heterocycles. The van der Waals surface area contributed by atoms with Crippen molar-refractivity contribution < 1.29 is 27.1 Å². The summed E-state index contributed by atoms with van der Waals surface area (Å²) in [6.07, 6.45) is -4.59. The predicted molar refractivity (Wildman–Crippen MR) is 108 cm³/mol. The smallest absolute Gasteiger partial charge is 0.416 e. The molecule has 4 nitrogen and oxygen atoms in total. The molecule has 0 saturated carbocycles. The zero-order valence-electron chi connectivity index (χ0n) is 17.4. The van der Waals surface area contributed by atoms with Crippen LogP contribution in [0.2, 0.25) is 0 Å². The van der Waals surface area contributed by atoms with Gasteiger partial charge in [0.15, 0.2) is 0 Å². The highest BCUT2D eigenvalue weighted by atomic mass is 32.1. The highest BCUT2D eigenvalue weighted by Crippen LogP contribution is 2.33. The van der Waals surface area contributed by atoms with Crippen LogP contribution in [-0.4, -0.2) is 22.9 Å². The predicted octanol–water partition coefficient (Wildman–Crippen LogP) is 7.04. The van der Waals surface area contributed by atoms with Crippen molar-refractivity contribution in [2.75, 3.05) is 5.32 Å². The van der Waals surface area contributed by atoms with Crippen LogP contribution in [0.4, 0.5) is 27.4 Å². The molecule has 0 aliphatic carbocycles. The summed E-state index contributed by atoms with van der Waals surface area (Å²) in [5, 5.41) is 3.62. The van der Waals surface area contributed by atoms with Crippen molar-refractivity contribution in [3.63, 3.8) is 0 Å². The molecule has 1 heterocycles. The lowest BCUT2D eigenvalue weighted by Crippen LogP contribution is -2.27. The summed E-state index contributed by atoms with van der Waals surface area (Å²) in [5.41, 5.74) is -1.23. The molecule has 0 atom stereocenters. The van der Waals surface area contributed by atoms with Gasteiger partial charge in [-0.05, 0) is 59.6 Å². The maximum atomic E-state index is 13.7. The molecule has 0 aliphatic heterocycles. The van der Waals surface area contributed by atoms with Crippen molar-refractivity contribution in [3.8, 4) is 0 Å². The second kappa shape index (κ2) is 9.56. The fourth-order valence-electron chi connectivity index (χ4n) is 2.20. The van der Waals surface area contributed by atoms with E-state index in [-0.39, 0.29) is 24.0 Å². The molecule has 1 rings (SSSR count). The van der Waals surface area contributed by atoms with E-state index < -0.39 is 29.3 Å². The van der Waals surface area contributed by atoms with Gasteiger partial charge in [0.05, 0.1) is 16.3 Å². The first kappa shape index (κ1) is 24.9. The number of amides is 1. The zero-order chi connectivity index (χ0) is 22.6. The normalized spacial score (nSPS) is 13.8. The van der Waals surface area contributed by atoms with Crippen LogP contribution in [0.25, 0.3) is 0 Å². The van der Waals surface area contributed by atoms with Gasteiger partial charge in [-0.15, -0.1) is 11.3 Å². The van der Waals surface area contributed by atoms with E-state index in [1.165, 1.54) is 13.8 Å². The number of ether oxygens (including phenoxy) is 1. The Morgan fingerprint density at radius 1 is 1.28 bits per heavy atom. The van der Waals surface area contributed by atoms with Gasteiger partial charge in [-0.1, -0.05) is 12.2 Å². The molecule has 1 aromatic rings. The number of hydrogen-bond acceptors (Lipinski definition) is 4. The number of alkyl halides is 3. The van der Waals surface area contributed by atoms with Gasteiger partial charge in [-0.3, -0.25) is 5.32 Å². The molecule has 0 fully saturated rings. The van der Waals surface area contributed by atoms with Gasteiger partial charge in [0.2, 0.25) is 0 Å². The Labute approximate surface area is 172 Å². The average molecular weight is 434 g/mol. The molecule has 1 amide bonds. The molecule has 9 heteroatoms. The van der Waals surface area contributed by atoms with E-state index in [0.29, 0.717) is 21.8 Å². The first-order chi connectivity index (χ1) is 13.1. The van der Waals surface area contributed by atoms with E-state index in [1.807, 2.05) is 0 Å². The molecule has 1 aromatic heterocycles. The highest BCUT2D eigenvalue weighted by molar-refractivity contribution is 7.16. The Kier molecular flexibility index (Phi) is 8.20. The molecular formula is C20H26F4N2O2S. The van der Waals surface area contributed by atoms with Crippen molar-refractivity contribution in [2.24, 2.45) is 0 Å². The van der Waals surface area contributed by atoms with Crippen LogP contribution in [0.1, 0.15) is 51.7 Å². The second-order valence-corrected chi connectivity index (χ2v) is 8.70. The minimum absolute atomic E-state index is 0.0107. The summed E-state index contributed by atoms with van der Waals surface area (Å²) < 4.78 is 58.7. The van der Waals surface area contributed by atoms with Gasteiger partial charge in [-0.2, -0.15) is 13.2 Å². The molecule has 0 radical (unpaired) electrons. The van der Waals surface area contributed by atoms with Crippen LogP contribution in [0.15, 0.2) is 35.2 Å². The topological polar surface area (TPSA) is 51.2 Å². The molecule has 1 N–H and O–H groups in total. The summed E-state index contributed by atoms with van der Waals surface area (Å²) >= 11 is 1.16. The van der Waals surface area contributed by atoms with Crippen LogP contribution in [0, 0.1) is 6.92 Å². The molecule has 0 aliphatic rings. The van der Waals surface area contributed by atoms with Gasteiger partial charge >= 0.3 is 12.3 Å². The Bertz CT molecular complexity index is 831. The van der Waals surface area contributed by atoms with Crippen LogP contribution >= 0.6 is 11.3 Å². The van der Waals surface area contributed by atoms with Crippen LogP contribution in [0.3, 0.4) is 0 Å². The summed E-state index contributed by atoms with van der Waals surface area (Å²) in [4.78, 5) is 16.2. The maximum Gasteiger partial charge on any atom is 0.416 e. The van der Waals surface area contributed by atoms with Gasteiger partial charge < -0.3 is 4.74 Å². The van der Waals surface area contributed by atoms with E-state index in [4.69, 9.17) is 4.74 Å². The third-order valence-corrected chi connectivity index (χ3v) is 4.75. The number of nitrogens with zero attached hydrogens (tertiary/aromatic N) is 1. The summed E-state index contributed by atoms with van der Waals surface area (Å²) in [7, 11) is 0. The number of anilines is 1. The standard InChI is InChI=1S/C20H26F4N2O2S/c1-11(2)15(21)10-14(20(22,23)24)12(3)8-9-16-25-13(4)17(29-16)26-18(27)28-19(5,6)7/h10H,1,8-9H2,2-7H3,(H,26,27)/b14-12+,15-10+. The van der Waals surface area contributed by atoms with Gasteiger partial charge in [-0.25, -0.2) is 14.2 Å². The van der Waals surface area contributed by atoms with Crippen LogP contribution < -0.4 is 5.32 Å². The Morgan fingerprint density at radius 2 is 1.86 bits per heavy atom. The number of allylic oxidation sites excluding steroid dienone is 5. The van der Waals surface area contributed by atoms with Crippen molar-refractivity contribution in [1.29, 1.82) is 0 Å². The number of aryl methyl sites for hydroxylation is 2. The number of hydrogen-bond donors (Lipinski definition) is 1. The van der Waals surface area contributed by atoms with Crippen LogP contribution in [-0.2, 0) is 11.2 Å². The van der Waals surface area contributed by atoms with Gasteiger partial charge in [0.1, 0.15) is 16.4 Å². The van der Waals surface area contributed by atoms with E-state index >= 15 is 0 Å². The van der Waals surface area contributed by atoms with Crippen LogP contribution in [0.5, 0.6) is 0 Å². The maximum absolute atomic E-state index is 13.7. The number of rotatable bonds is 6. The molecule has 0 unspecified atom stereocenters. The Hall–Kier alpha value is -2.16. The van der Waals surface area contributed by atoms with Gasteiger partial charge in [0, 0.05) is 6.42 Å². The van der Waals surface area contributed by atoms with E-state index in [0.717, 1.165) is 11.3 Å². The number of aromatic nitrogens is 1. The van der Waals surface area contributed by atoms with E-state index in [1.54, 1.807) is 27.7 Å². The van der Waals surface area contributed by atoms with Crippen molar-refractivity contribution in [2.45, 2.75) is 66.2 Å². The first-order valence-corrected chi connectivity index (χ1v) is 9.68. The summed E-state index contributed by atoms with van der Waals surface area (Å²) in [6, 6.07) is 0. The van der Waals surface area contributed by atoms with Crippen molar-refractivity contribution >= 4 is 22.4 Å². The highest BCUT2D eigenvalue weighted by Gasteiger charge is 2.34. The van der Waals surface area contributed by atoms with E-state index in [2.05, 4.69) is 16.9 Å². The minimum atomic E-state index is -4.68. The lowest BCUT2D eigenvalue weighted by molar-refractivity contribution is -0.0892. The van der Waals surface area contributed by atoms with Gasteiger partial charge in [0.25, 0.3) is 0 Å². The molecule has 162 valence electrons. The molecule has 29 heavy (non-hydrogen) atoms. The average Bonchev–Trinajstić information content (AvgIpc) is 2.86. The van der Waals surface area contributed by atoms with Crippen molar-refractivity contribution in [3.05, 3.63) is 45.9 Å². The number of nitrogens with one attached hydrogen (secondary N) is 1. The fraction of sp³-hybridized carbons (Fsp3) is 0.500. The number of carbonyl (C=O) groups excluding carboxylic acids is 1. The monoisotopic (exact) mass is 434 g/mol. The Morgan fingerprint density at radius 3 is 2.34 bits per heavy atom. The summed E-state index contributed by atoms with van der Waals surface area (Å²) in [6.45, 7) is 12.8. The Balaban J connectivity index is 2.96. The lowest BCUT2D eigenvalue weighted by atomic mass is 10.0. The quantitative estimate of drug-likeness (QED) is 0.386. The first-order valence-electron chi connectivity index (χ1n) is 8.86.